The van der Waals surface area contributed by atoms with Gasteiger partial charge in [-0.05, 0) is 24.5 Å². The first-order valence-electron chi connectivity index (χ1n) is 8.83. The Morgan fingerprint density at radius 1 is 1.16 bits per heavy atom. The van der Waals surface area contributed by atoms with Crippen molar-refractivity contribution in [3.05, 3.63) is 35.5 Å². The van der Waals surface area contributed by atoms with Crippen molar-refractivity contribution in [2.24, 2.45) is 0 Å². The maximum Gasteiger partial charge on any atom is 0.251 e. The minimum Gasteiger partial charge on any atom is -0.384 e. The lowest BCUT2D eigenvalue weighted by atomic mass is 10.0. The molecule has 0 aliphatic carbocycles. The summed E-state index contributed by atoms with van der Waals surface area (Å²) in [6.45, 7) is 5.57. The van der Waals surface area contributed by atoms with Crippen LogP contribution in [0.15, 0.2) is 24.4 Å². The van der Waals surface area contributed by atoms with Crippen molar-refractivity contribution in [2.45, 2.75) is 32.8 Å². The van der Waals surface area contributed by atoms with Gasteiger partial charge in [0.25, 0.3) is 5.91 Å². The number of H-pyrrole nitrogens is 1. The zero-order chi connectivity index (χ0) is 18.0. The van der Waals surface area contributed by atoms with Crippen LogP contribution in [0.4, 0.5) is 0 Å². The third-order valence-corrected chi connectivity index (χ3v) is 4.91. The van der Waals surface area contributed by atoms with Crippen LogP contribution in [0.25, 0.3) is 10.9 Å². The molecular formula is C19H25N3O3. The summed E-state index contributed by atoms with van der Waals surface area (Å²) in [5.41, 5.74) is 3.37. The number of rotatable bonds is 4. The van der Waals surface area contributed by atoms with Crippen molar-refractivity contribution < 1.29 is 14.7 Å². The molecule has 1 aliphatic heterocycles. The number of aryl methyl sites for hydroxylation is 1. The molecule has 1 atom stereocenters. The van der Waals surface area contributed by atoms with Crippen molar-refractivity contribution in [1.29, 1.82) is 0 Å². The number of nitrogens with zero attached hydrogens (tertiary/aromatic N) is 2. The fourth-order valence-corrected chi connectivity index (χ4v) is 3.43. The first-order valence-corrected chi connectivity index (χ1v) is 8.83. The van der Waals surface area contributed by atoms with Crippen LogP contribution >= 0.6 is 0 Å². The Bertz CT molecular complexity index is 773. The van der Waals surface area contributed by atoms with Gasteiger partial charge in [-0.3, -0.25) is 9.59 Å². The summed E-state index contributed by atoms with van der Waals surface area (Å²) in [6.07, 6.45) is 2.25. The fourth-order valence-electron chi connectivity index (χ4n) is 3.43. The lowest BCUT2D eigenvalue weighted by Crippen LogP contribution is -2.52. The molecule has 134 valence electrons. The SMILES string of the molecule is CCc1cccc2c(CC(=O)N3CCN(C(=O)C(C)O)CC3)c[nH]c12. The third-order valence-electron chi connectivity index (χ3n) is 4.91. The molecular weight excluding hydrogens is 318 g/mol. The van der Waals surface area contributed by atoms with Crippen molar-refractivity contribution in [3.8, 4) is 0 Å². The molecule has 6 nitrogen and oxygen atoms in total. The second kappa shape index (κ2) is 7.27. The monoisotopic (exact) mass is 343 g/mol. The number of amides is 2. The summed E-state index contributed by atoms with van der Waals surface area (Å²) < 4.78 is 0. The van der Waals surface area contributed by atoms with Gasteiger partial charge in [-0.2, -0.15) is 0 Å². The van der Waals surface area contributed by atoms with E-state index in [1.54, 1.807) is 9.80 Å². The zero-order valence-electron chi connectivity index (χ0n) is 14.8. The van der Waals surface area contributed by atoms with Gasteiger partial charge < -0.3 is 19.9 Å². The topological polar surface area (TPSA) is 76.6 Å². The van der Waals surface area contributed by atoms with E-state index in [2.05, 4.69) is 18.0 Å². The Kier molecular flexibility index (Phi) is 5.08. The second-order valence-electron chi connectivity index (χ2n) is 6.57. The Hall–Kier alpha value is -2.34. The van der Waals surface area contributed by atoms with E-state index < -0.39 is 6.10 Å². The fraction of sp³-hybridized carbons (Fsp3) is 0.474. The summed E-state index contributed by atoms with van der Waals surface area (Å²) in [6, 6.07) is 6.18. The number of aliphatic hydroxyl groups excluding tert-OH is 1. The van der Waals surface area contributed by atoms with Crippen molar-refractivity contribution in [1.82, 2.24) is 14.8 Å². The number of para-hydroxylation sites is 1. The number of aromatic nitrogens is 1. The van der Waals surface area contributed by atoms with E-state index in [-0.39, 0.29) is 11.8 Å². The molecule has 2 amide bonds. The quantitative estimate of drug-likeness (QED) is 0.879. The van der Waals surface area contributed by atoms with Gasteiger partial charge in [-0.25, -0.2) is 0 Å². The van der Waals surface area contributed by atoms with E-state index in [1.165, 1.54) is 12.5 Å². The number of hydrogen-bond acceptors (Lipinski definition) is 3. The van der Waals surface area contributed by atoms with Gasteiger partial charge in [0.05, 0.1) is 6.42 Å². The number of carbonyl (C=O) groups excluding carboxylic acids is 2. The average Bonchev–Trinajstić information content (AvgIpc) is 3.04. The molecule has 0 radical (unpaired) electrons. The molecule has 25 heavy (non-hydrogen) atoms. The van der Waals surface area contributed by atoms with Gasteiger partial charge in [0.2, 0.25) is 5.91 Å². The number of fused-ring (bicyclic) bond motifs is 1. The van der Waals surface area contributed by atoms with E-state index >= 15 is 0 Å². The van der Waals surface area contributed by atoms with Crippen LogP contribution in [0, 0.1) is 0 Å². The molecule has 1 saturated heterocycles. The van der Waals surface area contributed by atoms with E-state index in [0.29, 0.717) is 32.6 Å². The summed E-state index contributed by atoms with van der Waals surface area (Å²) >= 11 is 0. The standard InChI is InChI=1S/C19H25N3O3/c1-3-14-5-4-6-16-15(12-20-18(14)16)11-17(24)21-7-9-22(10-8-21)19(25)13(2)23/h4-6,12-13,20,23H,3,7-11H2,1-2H3. The number of benzene rings is 1. The molecule has 2 aromatic rings. The predicted octanol–water partition coefficient (Wildman–Crippen LogP) is 1.32. The molecule has 1 aliphatic rings. The van der Waals surface area contributed by atoms with Crippen LogP contribution in [-0.2, 0) is 22.4 Å². The minimum absolute atomic E-state index is 0.0759. The van der Waals surface area contributed by atoms with Crippen LogP contribution in [-0.4, -0.2) is 64.0 Å². The highest BCUT2D eigenvalue weighted by atomic mass is 16.3. The number of aliphatic hydroxyl groups is 1. The number of carbonyl (C=O) groups is 2. The molecule has 1 aromatic carbocycles. The first kappa shape index (κ1) is 17.5. The number of piperazine rings is 1. The van der Waals surface area contributed by atoms with Gasteiger partial charge in [-0.15, -0.1) is 0 Å². The summed E-state index contributed by atoms with van der Waals surface area (Å²) in [5, 5.41) is 10.5. The largest absolute Gasteiger partial charge is 0.384 e. The van der Waals surface area contributed by atoms with E-state index in [4.69, 9.17) is 0 Å². The first-order chi connectivity index (χ1) is 12.0. The van der Waals surface area contributed by atoms with Crippen LogP contribution < -0.4 is 0 Å². The van der Waals surface area contributed by atoms with E-state index in [9.17, 15) is 14.7 Å². The number of hydrogen-bond donors (Lipinski definition) is 2. The minimum atomic E-state index is -0.985. The number of nitrogens with one attached hydrogen (secondary N) is 1. The summed E-state index contributed by atoms with van der Waals surface area (Å²) in [4.78, 5) is 31.2. The lowest BCUT2D eigenvalue weighted by molar-refractivity contribution is -0.144. The molecule has 0 spiro atoms. The van der Waals surface area contributed by atoms with Crippen LogP contribution in [0.1, 0.15) is 25.0 Å². The molecule has 0 saturated carbocycles. The van der Waals surface area contributed by atoms with Crippen molar-refractivity contribution >= 4 is 22.7 Å². The highest BCUT2D eigenvalue weighted by Gasteiger charge is 2.26. The van der Waals surface area contributed by atoms with Crippen molar-refractivity contribution in [2.75, 3.05) is 26.2 Å². The van der Waals surface area contributed by atoms with Crippen LogP contribution in [0.3, 0.4) is 0 Å². The summed E-state index contributed by atoms with van der Waals surface area (Å²) in [5.74, 6) is -0.192. The Balaban J connectivity index is 1.65. The summed E-state index contributed by atoms with van der Waals surface area (Å²) in [7, 11) is 0. The molecule has 6 heteroatoms. The van der Waals surface area contributed by atoms with Crippen molar-refractivity contribution in [3.63, 3.8) is 0 Å². The Morgan fingerprint density at radius 3 is 2.48 bits per heavy atom. The highest BCUT2D eigenvalue weighted by molar-refractivity contribution is 5.90. The molecule has 2 heterocycles. The smallest absolute Gasteiger partial charge is 0.251 e. The molecule has 1 aromatic heterocycles. The van der Waals surface area contributed by atoms with E-state index in [1.807, 2.05) is 18.3 Å². The lowest BCUT2D eigenvalue weighted by Gasteiger charge is -2.35. The number of aromatic amines is 1. The molecule has 3 rings (SSSR count). The van der Waals surface area contributed by atoms with Gasteiger partial charge in [0.1, 0.15) is 6.10 Å². The van der Waals surface area contributed by atoms with Gasteiger partial charge in [0, 0.05) is 43.3 Å². The molecule has 1 fully saturated rings. The maximum absolute atomic E-state index is 12.6. The second-order valence-corrected chi connectivity index (χ2v) is 6.57. The van der Waals surface area contributed by atoms with Crippen LogP contribution in [0.2, 0.25) is 0 Å². The Morgan fingerprint density at radius 2 is 1.84 bits per heavy atom. The predicted molar refractivity (Wildman–Crippen MR) is 96.2 cm³/mol. The molecule has 1 unspecified atom stereocenters. The zero-order valence-corrected chi connectivity index (χ0v) is 14.8. The molecule has 0 bridgehead atoms. The Labute approximate surface area is 147 Å². The third kappa shape index (κ3) is 3.54. The van der Waals surface area contributed by atoms with E-state index in [0.717, 1.165) is 22.9 Å². The van der Waals surface area contributed by atoms with Gasteiger partial charge >= 0.3 is 0 Å². The molecule has 2 N–H and O–H groups in total. The average molecular weight is 343 g/mol. The normalized spacial score (nSPS) is 16.3. The highest BCUT2D eigenvalue weighted by Crippen LogP contribution is 2.23. The van der Waals surface area contributed by atoms with Crippen LogP contribution in [0.5, 0.6) is 0 Å². The van der Waals surface area contributed by atoms with Gasteiger partial charge in [-0.1, -0.05) is 25.1 Å². The maximum atomic E-state index is 12.6. The van der Waals surface area contributed by atoms with Gasteiger partial charge in [0.15, 0.2) is 0 Å².